The first kappa shape index (κ1) is 15.1. The number of nitrogen functional groups attached to an aromatic ring is 1. The van der Waals surface area contributed by atoms with Crippen LogP contribution < -0.4 is 5.73 Å². The van der Waals surface area contributed by atoms with E-state index in [0.717, 1.165) is 23.2 Å². The van der Waals surface area contributed by atoms with E-state index in [4.69, 9.17) is 10.5 Å². The normalized spacial score (nSPS) is 11.8. The minimum Gasteiger partial charge on any atom is -0.448 e. The van der Waals surface area contributed by atoms with Gasteiger partial charge in [-0.3, -0.25) is 0 Å². The lowest BCUT2D eigenvalue weighted by atomic mass is 10.1. The number of nitrogens with zero attached hydrogens (tertiary/aromatic N) is 2. The van der Waals surface area contributed by atoms with Gasteiger partial charge >= 0.3 is 12.3 Å². The first-order chi connectivity index (χ1) is 9.84. The van der Waals surface area contributed by atoms with Gasteiger partial charge in [0, 0.05) is 5.39 Å². The molecule has 0 aliphatic heterocycles. The molecule has 1 aromatic heterocycles. The number of nitrogens with two attached hydrogens (primary N) is 1. The van der Waals surface area contributed by atoms with Crippen molar-refractivity contribution in [2.75, 3.05) is 12.3 Å². The number of unbranched alkanes of at least 4 members (excludes halogenated alkanes) is 1. The second kappa shape index (κ2) is 5.63. The van der Waals surface area contributed by atoms with Gasteiger partial charge in [0.15, 0.2) is 0 Å². The van der Waals surface area contributed by atoms with Crippen molar-refractivity contribution in [3.63, 3.8) is 0 Å². The minimum atomic E-state index is -4.48. The predicted octanol–water partition coefficient (Wildman–Crippen LogP) is 3.42. The number of carbonyl (C=O) groups excluding carboxylic acids is 1. The fourth-order valence-electron chi connectivity index (χ4n) is 1.78. The molecule has 0 aliphatic carbocycles. The summed E-state index contributed by atoms with van der Waals surface area (Å²) >= 11 is 0. The van der Waals surface area contributed by atoms with Crippen LogP contribution >= 0.6 is 0 Å². The average Bonchev–Trinajstić information content (AvgIpc) is 2.75. The Kier molecular flexibility index (Phi) is 4.06. The van der Waals surface area contributed by atoms with E-state index < -0.39 is 17.8 Å². The van der Waals surface area contributed by atoms with Crippen molar-refractivity contribution >= 4 is 22.8 Å². The highest BCUT2D eigenvalue weighted by Gasteiger charge is 2.31. The van der Waals surface area contributed by atoms with Crippen molar-refractivity contribution in [1.29, 1.82) is 0 Å². The molecule has 0 saturated carbocycles. The van der Waals surface area contributed by atoms with Crippen LogP contribution in [0.15, 0.2) is 18.2 Å². The van der Waals surface area contributed by atoms with Crippen LogP contribution in [0.4, 0.5) is 23.8 Å². The Labute approximate surface area is 118 Å². The van der Waals surface area contributed by atoms with Crippen molar-refractivity contribution in [3.05, 3.63) is 23.8 Å². The zero-order chi connectivity index (χ0) is 15.6. The van der Waals surface area contributed by atoms with Crippen LogP contribution in [0.3, 0.4) is 0 Å². The fourth-order valence-corrected chi connectivity index (χ4v) is 1.78. The van der Waals surface area contributed by atoms with Gasteiger partial charge in [-0.05, 0) is 24.6 Å². The number of anilines is 1. The fraction of sp³-hybridized carbons (Fsp3) is 0.385. The van der Waals surface area contributed by atoms with Crippen molar-refractivity contribution in [1.82, 2.24) is 9.78 Å². The van der Waals surface area contributed by atoms with Crippen LogP contribution in [0.2, 0.25) is 0 Å². The maximum Gasteiger partial charge on any atom is 0.436 e. The Morgan fingerprint density at radius 3 is 2.76 bits per heavy atom. The molecule has 5 nitrogen and oxygen atoms in total. The van der Waals surface area contributed by atoms with Gasteiger partial charge in [0.25, 0.3) is 0 Å². The molecule has 1 heterocycles. The number of fused-ring (bicyclic) bond motifs is 1. The molecule has 0 fully saturated rings. The molecule has 0 saturated heterocycles. The Balaban J connectivity index is 2.35. The summed E-state index contributed by atoms with van der Waals surface area (Å²) in [7, 11) is 0. The number of benzene rings is 1. The van der Waals surface area contributed by atoms with E-state index in [1.165, 1.54) is 6.07 Å². The van der Waals surface area contributed by atoms with Crippen molar-refractivity contribution in [2.45, 2.75) is 25.9 Å². The molecule has 2 aromatic rings. The first-order valence-corrected chi connectivity index (χ1v) is 6.37. The van der Waals surface area contributed by atoms with Crippen LogP contribution in [0.5, 0.6) is 0 Å². The van der Waals surface area contributed by atoms with Crippen LogP contribution in [0.1, 0.15) is 25.3 Å². The summed E-state index contributed by atoms with van der Waals surface area (Å²) in [4.78, 5) is 11.8. The molecule has 0 atom stereocenters. The molecule has 0 radical (unpaired) electrons. The second-order valence-electron chi connectivity index (χ2n) is 4.49. The average molecular weight is 301 g/mol. The smallest absolute Gasteiger partial charge is 0.436 e. The molecular formula is C13H14F3N3O2. The lowest BCUT2D eigenvalue weighted by Crippen LogP contribution is -2.17. The lowest BCUT2D eigenvalue weighted by Gasteiger charge is -2.06. The molecule has 0 unspecified atom stereocenters. The highest BCUT2D eigenvalue weighted by molar-refractivity contribution is 5.93. The van der Waals surface area contributed by atoms with Gasteiger partial charge in [0.2, 0.25) is 0 Å². The number of aromatic nitrogens is 2. The topological polar surface area (TPSA) is 70.1 Å². The molecule has 21 heavy (non-hydrogen) atoms. The van der Waals surface area contributed by atoms with Gasteiger partial charge < -0.3 is 10.5 Å². The van der Waals surface area contributed by atoms with E-state index in [0.29, 0.717) is 6.42 Å². The van der Waals surface area contributed by atoms with Crippen molar-refractivity contribution in [3.8, 4) is 0 Å². The maximum absolute atomic E-state index is 12.7. The largest absolute Gasteiger partial charge is 0.448 e. The Morgan fingerprint density at radius 2 is 2.14 bits per heavy atom. The number of alkyl halides is 3. The van der Waals surface area contributed by atoms with Gasteiger partial charge in [-0.25, -0.2) is 4.79 Å². The number of rotatable bonds is 3. The van der Waals surface area contributed by atoms with Gasteiger partial charge in [0.05, 0.1) is 17.7 Å². The van der Waals surface area contributed by atoms with Gasteiger partial charge in [-0.15, -0.1) is 4.68 Å². The molecular weight excluding hydrogens is 287 g/mol. The number of carbonyl (C=O) groups is 1. The molecule has 8 heteroatoms. The summed E-state index contributed by atoms with van der Waals surface area (Å²) in [5.74, 6) is -0.169. The molecule has 0 aliphatic rings. The Bertz CT molecular complexity index is 664. The number of ether oxygens (including phenoxy) is 1. The van der Waals surface area contributed by atoms with E-state index in [1.807, 2.05) is 6.92 Å². The minimum absolute atomic E-state index is 0.0669. The van der Waals surface area contributed by atoms with E-state index in [9.17, 15) is 18.0 Å². The van der Waals surface area contributed by atoms with E-state index in [1.54, 1.807) is 0 Å². The highest BCUT2D eigenvalue weighted by Crippen LogP contribution is 2.32. The summed E-state index contributed by atoms with van der Waals surface area (Å²) in [6, 6.07) is 2.93. The van der Waals surface area contributed by atoms with Crippen LogP contribution in [0.25, 0.3) is 10.9 Å². The third-order valence-corrected chi connectivity index (χ3v) is 2.93. The van der Waals surface area contributed by atoms with E-state index in [2.05, 4.69) is 5.10 Å². The number of hydrogen-bond donors (Lipinski definition) is 1. The predicted molar refractivity (Wildman–Crippen MR) is 70.8 cm³/mol. The second-order valence-corrected chi connectivity index (χ2v) is 4.49. The van der Waals surface area contributed by atoms with E-state index >= 15 is 0 Å². The molecule has 114 valence electrons. The summed E-state index contributed by atoms with van der Waals surface area (Å²) in [6.07, 6.45) is -3.75. The van der Waals surface area contributed by atoms with Crippen LogP contribution in [-0.4, -0.2) is 22.5 Å². The summed E-state index contributed by atoms with van der Waals surface area (Å²) in [6.45, 7) is 2.14. The maximum atomic E-state index is 12.7. The van der Waals surface area contributed by atoms with Crippen molar-refractivity contribution in [2.24, 2.45) is 0 Å². The molecule has 0 amide bonds. The molecule has 1 aromatic carbocycles. The zero-order valence-electron chi connectivity index (χ0n) is 11.3. The standard InChI is InChI=1S/C13H14F3N3O2/c1-2-3-6-21-12(20)19-11(17)9-7-8(13(14,15)16)4-5-10(9)18-19/h4-5,7H,2-3,6,17H2,1H3. The van der Waals surface area contributed by atoms with Crippen LogP contribution in [0, 0.1) is 0 Å². The van der Waals surface area contributed by atoms with Gasteiger partial charge in [-0.2, -0.15) is 18.3 Å². The summed E-state index contributed by atoms with van der Waals surface area (Å²) in [5.41, 5.74) is 5.04. The molecule has 2 N–H and O–H groups in total. The summed E-state index contributed by atoms with van der Waals surface area (Å²) < 4.78 is 43.7. The third kappa shape index (κ3) is 3.09. The Morgan fingerprint density at radius 1 is 1.43 bits per heavy atom. The highest BCUT2D eigenvalue weighted by atomic mass is 19.4. The quantitative estimate of drug-likeness (QED) is 0.882. The summed E-state index contributed by atoms with van der Waals surface area (Å²) in [5, 5.41) is 3.93. The van der Waals surface area contributed by atoms with Crippen molar-refractivity contribution < 1.29 is 22.7 Å². The van der Waals surface area contributed by atoms with Crippen LogP contribution in [-0.2, 0) is 10.9 Å². The third-order valence-electron chi connectivity index (χ3n) is 2.93. The first-order valence-electron chi connectivity index (χ1n) is 6.37. The lowest BCUT2D eigenvalue weighted by molar-refractivity contribution is -0.137. The number of halogens is 3. The van der Waals surface area contributed by atoms with Gasteiger partial charge in [-0.1, -0.05) is 13.3 Å². The number of hydrogen-bond acceptors (Lipinski definition) is 4. The van der Waals surface area contributed by atoms with E-state index in [-0.39, 0.29) is 23.3 Å². The molecule has 0 spiro atoms. The Hall–Kier alpha value is -2.25. The monoisotopic (exact) mass is 301 g/mol. The SMILES string of the molecule is CCCCOC(=O)n1nc2ccc(C(F)(F)F)cc2c1N. The molecule has 0 bridgehead atoms. The zero-order valence-corrected chi connectivity index (χ0v) is 11.3. The van der Waals surface area contributed by atoms with Gasteiger partial charge in [0.1, 0.15) is 5.82 Å². The molecule has 2 rings (SSSR count).